The molecule has 0 spiro atoms. The third-order valence-corrected chi connectivity index (χ3v) is 13.9. The van der Waals surface area contributed by atoms with Crippen LogP contribution in [0.25, 0.3) is 22.4 Å². The predicted octanol–water partition coefficient (Wildman–Crippen LogP) is 6.62. The van der Waals surface area contributed by atoms with Gasteiger partial charge in [-0.05, 0) is 73.6 Å². The first-order valence-corrected chi connectivity index (χ1v) is 28.8. The van der Waals surface area contributed by atoms with Crippen LogP contribution in [-0.4, -0.2) is 177 Å². The number of aliphatic carboxylic acids is 1. The van der Waals surface area contributed by atoms with Crippen LogP contribution in [0.5, 0.6) is 11.5 Å². The number of aromatic nitrogens is 1. The van der Waals surface area contributed by atoms with Crippen LogP contribution in [0, 0.1) is 5.82 Å². The van der Waals surface area contributed by atoms with Crippen LogP contribution >= 0.6 is 0 Å². The number of benzene rings is 4. The molecule has 5 N–H and O–H groups in total. The third-order valence-electron chi connectivity index (χ3n) is 13.9. The van der Waals surface area contributed by atoms with Gasteiger partial charge in [-0.25, -0.2) is 4.39 Å². The largest absolute Gasteiger partial charge is 0.490 e. The van der Waals surface area contributed by atoms with Crippen molar-refractivity contribution in [1.29, 1.82) is 0 Å². The number of Topliss-reactive ketones (excluding diaryl/α,β-unsaturated/α-hetero) is 1. The van der Waals surface area contributed by atoms with Crippen LogP contribution < -0.4 is 20.1 Å². The molecular weight excluding hydrogens is 1120 g/mol. The second-order valence-corrected chi connectivity index (χ2v) is 20.6. The summed E-state index contributed by atoms with van der Waals surface area (Å²) < 4.78 is 62.7. The monoisotopic (exact) mass is 1190 g/mol. The number of hydrogen-bond donors (Lipinski definition) is 5. The summed E-state index contributed by atoms with van der Waals surface area (Å²) in [6.07, 6.45) is -2.37. The van der Waals surface area contributed by atoms with Gasteiger partial charge in [0.2, 0.25) is 11.8 Å². The summed E-state index contributed by atoms with van der Waals surface area (Å²) in [6, 6.07) is 25.9. The van der Waals surface area contributed by atoms with Crippen LogP contribution in [0.15, 0.2) is 97.1 Å². The number of amides is 5. The van der Waals surface area contributed by atoms with E-state index >= 15 is 4.39 Å². The normalized spacial score (nSPS) is 14.8. The van der Waals surface area contributed by atoms with Gasteiger partial charge in [-0.15, -0.1) is 0 Å². The van der Waals surface area contributed by atoms with Gasteiger partial charge in [0.25, 0.3) is 17.7 Å². The van der Waals surface area contributed by atoms with Gasteiger partial charge in [0.05, 0.1) is 114 Å². The number of carbonyl (C=O) groups is 7. The molecule has 0 saturated carbocycles. The number of hydrogen-bond acceptors (Lipinski definition) is 17. The number of aliphatic hydroxyl groups is 2. The van der Waals surface area contributed by atoms with E-state index in [9.17, 15) is 48.9 Å². The summed E-state index contributed by atoms with van der Waals surface area (Å²) in [7, 11) is 0. The number of ketones is 1. The van der Waals surface area contributed by atoms with Crippen LogP contribution in [0.1, 0.15) is 101 Å². The molecule has 3 heterocycles. The van der Waals surface area contributed by atoms with Crippen LogP contribution in [-0.2, 0) is 54.1 Å². The zero-order chi connectivity index (χ0) is 61.4. The summed E-state index contributed by atoms with van der Waals surface area (Å²) in [6.45, 7) is 7.41. The number of carboxylic acids is 1. The molecule has 22 nitrogen and oxygen atoms in total. The van der Waals surface area contributed by atoms with Crippen molar-refractivity contribution >= 4 is 47.0 Å². The lowest BCUT2D eigenvalue weighted by atomic mass is 9.94. The lowest BCUT2D eigenvalue weighted by Crippen LogP contribution is -2.54. The number of aliphatic hydroxyl groups excluding tert-OH is 2. The van der Waals surface area contributed by atoms with Gasteiger partial charge in [-0.1, -0.05) is 68.4 Å². The molecular formula is C63H75FN4O18. The maximum absolute atomic E-state index is 15.2. The fourth-order valence-corrected chi connectivity index (χ4v) is 10.0. The number of anilines is 1. The number of piperidine rings is 1. The smallest absolute Gasteiger partial charge is 0.305 e. The summed E-state index contributed by atoms with van der Waals surface area (Å²) in [4.78, 5) is 89.5. The Morgan fingerprint density at radius 1 is 0.674 bits per heavy atom. The number of carbonyl (C=O) groups excluding carboxylic acids is 6. The van der Waals surface area contributed by atoms with Crippen molar-refractivity contribution in [1.82, 2.24) is 14.8 Å². The highest BCUT2D eigenvalue weighted by Crippen LogP contribution is 2.46. The van der Waals surface area contributed by atoms with Crippen LogP contribution in [0.4, 0.5) is 10.1 Å². The highest BCUT2D eigenvalue weighted by atomic mass is 19.1. The summed E-state index contributed by atoms with van der Waals surface area (Å²) in [5, 5.41) is 35.9. The van der Waals surface area contributed by atoms with Crippen molar-refractivity contribution in [3.05, 3.63) is 125 Å². The molecule has 1 unspecified atom stereocenters. The Labute approximate surface area is 497 Å². The van der Waals surface area contributed by atoms with E-state index in [1.165, 1.54) is 30.3 Å². The van der Waals surface area contributed by atoms with Gasteiger partial charge in [-0.3, -0.25) is 43.8 Å². The maximum Gasteiger partial charge on any atom is 0.305 e. The Hall–Kier alpha value is -7.74. The minimum Gasteiger partial charge on any atom is -0.490 e. The molecule has 462 valence electrons. The molecule has 4 aromatic carbocycles. The second kappa shape index (κ2) is 33.8. The van der Waals surface area contributed by atoms with E-state index in [-0.39, 0.29) is 112 Å². The summed E-state index contributed by atoms with van der Waals surface area (Å²) in [5.41, 5.74) is 3.91. The number of halogens is 1. The third kappa shape index (κ3) is 18.9. The van der Waals surface area contributed by atoms with Gasteiger partial charge in [0.1, 0.15) is 36.6 Å². The molecule has 1 aromatic heterocycles. The molecule has 0 aliphatic carbocycles. The van der Waals surface area contributed by atoms with Gasteiger partial charge in [0, 0.05) is 54.6 Å². The van der Waals surface area contributed by atoms with E-state index in [4.69, 9.17) is 37.9 Å². The average Bonchev–Trinajstić information content (AvgIpc) is 1.62. The molecule has 86 heavy (non-hydrogen) atoms. The predicted molar refractivity (Wildman–Crippen MR) is 311 cm³/mol. The average molecular weight is 1200 g/mol. The second-order valence-electron chi connectivity index (χ2n) is 20.6. The minimum absolute atomic E-state index is 0.00221. The first-order valence-electron chi connectivity index (χ1n) is 28.8. The zero-order valence-electron chi connectivity index (χ0n) is 48.3. The van der Waals surface area contributed by atoms with Crippen molar-refractivity contribution in [3.63, 3.8) is 0 Å². The van der Waals surface area contributed by atoms with E-state index in [2.05, 4.69) is 10.6 Å². The molecule has 2 aliphatic rings. The van der Waals surface area contributed by atoms with Crippen molar-refractivity contribution < 1.29 is 91.2 Å². The fraction of sp³-hybridized carbons (Fsp3) is 0.444. The molecule has 5 amide bonds. The molecule has 1 saturated heterocycles. The van der Waals surface area contributed by atoms with E-state index in [0.717, 1.165) is 4.90 Å². The summed E-state index contributed by atoms with van der Waals surface area (Å²) in [5.74, 6) is -4.93. The number of nitrogens with zero attached hydrogens (tertiary/aromatic N) is 2. The van der Waals surface area contributed by atoms with E-state index in [0.29, 0.717) is 105 Å². The van der Waals surface area contributed by atoms with Crippen molar-refractivity contribution in [2.24, 2.45) is 0 Å². The van der Waals surface area contributed by atoms with Gasteiger partial charge < -0.3 is 63.1 Å². The lowest BCUT2D eigenvalue weighted by molar-refractivity contribution is -0.140. The molecule has 0 bridgehead atoms. The van der Waals surface area contributed by atoms with Crippen molar-refractivity contribution in [3.8, 4) is 33.9 Å². The quantitative estimate of drug-likeness (QED) is 0.0204. The number of nitrogens with one attached hydrogen (secondary N) is 2. The van der Waals surface area contributed by atoms with E-state index in [1.54, 1.807) is 18.2 Å². The summed E-state index contributed by atoms with van der Waals surface area (Å²) >= 11 is 0. The first kappa shape index (κ1) is 65.8. The van der Waals surface area contributed by atoms with Gasteiger partial charge in [-0.2, -0.15) is 0 Å². The Bertz CT molecular complexity index is 3080. The molecule has 2 aliphatic heterocycles. The maximum atomic E-state index is 15.2. The molecule has 1 fully saturated rings. The standard InChI is InChI=1S/C63H75FN4O18/c1-41(2)58-57(61(76)65-44-13-7-4-8-14-44)55(42-11-5-3-6-12-42)59(67(58)23-22-45(69)38-47(71)39-54(73)74)48-19-18-43(64)37-52(48)85-36-35-84-34-33-83-32-31-82-30-29-81-28-27-80-26-25-79-24-10-15-46(70)40-86-51-17-9-16-49-56(51)63(78)68(62(49)77)50-20-21-53(72)66-60(50)75/h3-9,11-14,16-19,37,41,45,47,50,69,71H,10,15,20-36,38-40H2,1-2H3,(H,65,76)(H,73,74)(H,66,72,75)/t45-,47-,50?/m1/s1. The number of carboxylic acid groups (broad SMARTS) is 1. The molecule has 7 rings (SSSR count). The molecule has 0 radical (unpaired) electrons. The van der Waals surface area contributed by atoms with E-state index < -0.39 is 60.1 Å². The van der Waals surface area contributed by atoms with Gasteiger partial charge >= 0.3 is 5.97 Å². The Kier molecular flexibility index (Phi) is 25.9. The van der Waals surface area contributed by atoms with Crippen LogP contribution in [0.3, 0.4) is 0 Å². The van der Waals surface area contributed by atoms with Crippen molar-refractivity contribution in [2.45, 2.75) is 89.5 Å². The van der Waals surface area contributed by atoms with Crippen molar-refractivity contribution in [2.75, 3.05) is 97.8 Å². The Morgan fingerprint density at radius 3 is 1.88 bits per heavy atom. The fourth-order valence-electron chi connectivity index (χ4n) is 10.0. The van der Waals surface area contributed by atoms with Gasteiger partial charge in [0.15, 0.2) is 5.78 Å². The Balaban J connectivity index is 0.768. The number of fused-ring (bicyclic) bond motifs is 1. The molecule has 3 atom stereocenters. The lowest BCUT2D eigenvalue weighted by Gasteiger charge is -2.27. The highest BCUT2D eigenvalue weighted by Gasteiger charge is 2.46. The topological polar surface area (TPSA) is 286 Å². The number of ether oxygens (including phenoxy) is 8. The zero-order valence-corrected chi connectivity index (χ0v) is 48.3. The molecule has 23 heteroatoms. The SMILES string of the molecule is CC(C)c1c(C(=O)Nc2ccccc2)c(-c2ccccc2)c(-c2ccc(F)cc2OCCOCCOCCOCCOCCOCCOCCCC(=O)COc2cccc3c2C(=O)N(C2CCC(=O)NC2=O)C3=O)n1CC[C@@H](O)C[C@@H](O)CC(=O)O. The number of para-hydroxylation sites is 1. The first-order chi connectivity index (χ1) is 41.6. The van der Waals surface area contributed by atoms with E-state index in [1.807, 2.05) is 66.9 Å². The highest BCUT2D eigenvalue weighted by molar-refractivity contribution is 6.24. The Morgan fingerprint density at radius 2 is 1.28 bits per heavy atom. The number of imide groups is 2. The van der Waals surface area contributed by atoms with Crippen LogP contribution in [0.2, 0.25) is 0 Å². The minimum atomic E-state index is -1.27. The molecule has 5 aromatic rings. The number of rotatable bonds is 39.